The van der Waals surface area contributed by atoms with Crippen molar-refractivity contribution < 1.29 is 9.47 Å². The SMILES string of the molecule is COC1=CCC=C(OC)C1(C)[Si](C)(C)C(C)(C)C(C)C. The van der Waals surface area contributed by atoms with Gasteiger partial charge < -0.3 is 9.47 Å². The van der Waals surface area contributed by atoms with E-state index in [2.05, 4.69) is 59.9 Å². The van der Waals surface area contributed by atoms with E-state index < -0.39 is 8.07 Å². The molecule has 1 aliphatic carbocycles. The summed E-state index contributed by atoms with van der Waals surface area (Å²) in [5.41, 5.74) is 0. The summed E-state index contributed by atoms with van der Waals surface area (Å²) >= 11 is 0. The molecule has 3 heteroatoms. The molecule has 0 bridgehead atoms. The van der Waals surface area contributed by atoms with Gasteiger partial charge in [-0.3, -0.25) is 0 Å². The maximum absolute atomic E-state index is 5.78. The van der Waals surface area contributed by atoms with Crippen molar-refractivity contribution in [1.29, 1.82) is 0 Å². The van der Waals surface area contributed by atoms with E-state index in [1.165, 1.54) is 0 Å². The van der Waals surface area contributed by atoms with E-state index in [-0.39, 0.29) is 10.1 Å². The van der Waals surface area contributed by atoms with Crippen molar-refractivity contribution in [3.05, 3.63) is 23.7 Å². The first-order chi connectivity index (χ1) is 9.07. The Bertz CT molecular complexity index is 397. The van der Waals surface area contributed by atoms with Gasteiger partial charge in [-0.2, -0.15) is 0 Å². The van der Waals surface area contributed by atoms with Crippen LogP contribution in [0.3, 0.4) is 0 Å². The number of hydrogen-bond acceptors (Lipinski definition) is 2. The van der Waals surface area contributed by atoms with Crippen molar-refractivity contribution >= 4 is 8.07 Å². The van der Waals surface area contributed by atoms with Crippen LogP contribution in [0.4, 0.5) is 0 Å². The zero-order valence-corrected chi connectivity index (χ0v) is 15.8. The zero-order valence-electron chi connectivity index (χ0n) is 14.8. The largest absolute Gasteiger partial charge is 0.501 e. The fourth-order valence-electron chi connectivity index (χ4n) is 3.36. The molecule has 0 saturated heterocycles. The van der Waals surface area contributed by atoms with Crippen molar-refractivity contribution in [2.24, 2.45) is 5.92 Å². The average molecular weight is 297 g/mol. The maximum atomic E-state index is 5.78. The molecule has 1 rings (SSSR count). The molecule has 20 heavy (non-hydrogen) atoms. The van der Waals surface area contributed by atoms with Crippen LogP contribution < -0.4 is 0 Å². The molecule has 0 atom stereocenters. The summed E-state index contributed by atoms with van der Waals surface area (Å²) in [7, 11) is 1.80. The quantitative estimate of drug-likeness (QED) is 0.636. The topological polar surface area (TPSA) is 18.5 Å². The Kier molecular flexibility index (Phi) is 4.85. The lowest BCUT2D eigenvalue weighted by molar-refractivity contribution is 0.195. The zero-order chi connectivity index (χ0) is 15.8. The predicted molar refractivity (Wildman–Crippen MR) is 89.5 cm³/mol. The normalized spacial score (nSPS) is 19.5. The molecule has 0 aromatic carbocycles. The minimum absolute atomic E-state index is 0.109. The Hall–Kier alpha value is -0.703. The van der Waals surface area contributed by atoms with Crippen LogP contribution in [0.25, 0.3) is 0 Å². The Morgan fingerprint density at radius 2 is 1.50 bits per heavy atom. The number of ether oxygens (including phenoxy) is 2. The van der Waals surface area contributed by atoms with Gasteiger partial charge in [0, 0.05) is 0 Å². The van der Waals surface area contributed by atoms with E-state index in [9.17, 15) is 0 Å². The number of methoxy groups -OCH3 is 2. The molecule has 0 aromatic heterocycles. The predicted octanol–water partition coefficient (Wildman–Crippen LogP) is 5.36. The molecule has 0 saturated carbocycles. The smallest absolute Gasteiger partial charge is 0.102 e. The average Bonchev–Trinajstić information content (AvgIpc) is 2.38. The van der Waals surface area contributed by atoms with Gasteiger partial charge in [-0.05, 0) is 36.5 Å². The van der Waals surface area contributed by atoms with Gasteiger partial charge in [0.2, 0.25) is 0 Å². The second-order valence-corrected chi connectivity index (χ2v) is 12.9. The fraction of sp³-hybridized carbons (Fsp3) is 0.765. The van der Waals surface area contributed by atoms with Crippen LogP contribution in [0.1, 0.15) is 41.0 Å². The molecule has 0 spiro atoms. The third-order valence-corrected chi connectivity index (χ3v) is 13.1. The van der Waals surface area contributed by atoms with E-state index in [1.807, 2.05) is 0 Å². The van der Waals surface area contributed by atoms with Crippen molar-refractivity contribution in [1.82, 2.24) is 0 Å². The lowest BCUT2D eigenvalue weighted by Crippen LogP contribution is -2.54. The summed E-state index contributed by atoms with van der Waals surface area (Å²) in [5.74, 6) is 2.80. The molecule has 0 amide bonds. The van der Waals surface area contributed by atoms with E-state index in [0.29, 0.717) is 5.92 Å². The monoisotopic (exact) mass is 296 g/mol. The van der Waals surface area contributed by atoms with Gasteiger partial charge in [0.25, 0.3) is 0 Å². The molecule has 0 aliphatic heterocycles. The molecule has 0 radical (unpaired) electrons. The first kappa shape index (κ1) is 17.3. The second kappa shape index (κ2) is 5.59. The van der Waals surface area contributed by atoms with Gasteiger partial charge in [-0.1, -0.05) is 40.8 Å². The van der Waals surface area contributed by atoms with Crippen molar-refractivity contribution in [2.75, 3.05) is 14.2 Å². The van der Waals surface area contributed by atoms with Crippen LogP contribution in [0.2, 0.25) is 23.2 Å². The van der Waals surface area contributed by atoms with Crippen LogP contribution in [0, 0.1) is 5.92 Å². The summed E-state index contributed by atoms with van der Waals surface area (Å²) in [5, 5.41) is 0.164. The Morgan fingerprint density at radius 3 is 1.80 bits per heavy atom. The third-order valence-electron chi connectivity index (χ3n) is 6.34. The van der Waals surface area contributed by atoms with Crippen LogP contribution in [-0.2, 0) is 9.47 Å². The van der Waals surface area contributed by atoms with Crippen molar-refractivity contribution in [3.8, 4) is 0 Å². The summed E-state index contributed by atoms with van der Waals surface area (Å²) in [4.78, 5) is 0. The van der Waals surface area contributed by atoms with Crippen molar-refractivity contribution in [2.45, 2.75) is 64.2 Å². The highest BCUT2D eigenvalue weighted by molar-refractivity contribution is 6.84. The third kappa shape index (κ3) is 2.24. The highest BCUT2D eigenvalue weighted by Gasteiger charge is 2.58. The Morgan fingerprint density at radius 1 is 1.10 bits per heavy atom. The first-order valence-corrected chi connectivity index (χ1v) is 10.6. The van der Waals surface area contributed by atoms with Gasteiger partial charge in [0.05, 0.1) is 27.3 Å². The fourth-order valence-corrected chi connectivity index (χ4v) is 7.73. The van der Waals surface area contributed by atoms with Crippen LogP contribution in [0.5, 0.6) is 0 Å². The number of hydrogen-bond donors (Lipinski definition) is 0. The Labute approximate surface area is 126 Å². The molecular formula is C17H32O2Si. The van der Waals surface area contributed by atoms with Gasteiger partial charge in [-0.15, -0.1) is 0 Å². The summed E-state index contributed by atoms with van der Waals surface area (Å²) < 4.78 is 11.6. The Balaban J connectivity index is 3.46. The summed E-state index contributed by atoms with van der Waals surface area (Å²) in [6.07, 6.45) is 5.33. The molecule has 2 nitrogen and oxygen atoms in total. The van der Waals surface area contributed by atoms with Crippen LogP contribution >= 0.6 is 0 Å². The minimum Gasteiger partial charge on any atom is -0.501 e. The molecule has 1 aliphatic rings. The van der Waals surface area contributed by atoms with Gasteiger partial charge in [0.15, 0.2) is 0 Å². The maximum Gasteiger partial charge on any atom is 0.102 e. The summed E-state index contributed by atoms with van der Waals surface area (Å²) in [6, 6.07) is 0. The highest BCUT2D eigenvalue weighted by Crippen LogP contribution is 2.62. The molecule has 116 valence electrons. The number of allylic oxidation sites excluding steroid dienone is 2. The number of rotatable bonds is 5. The van der Waals surface area contributed by atoms with Crippen LogP contribution in [-0.4, -0.2) is 22.3 Å². The molecule has 0 fully saturated rings. The summed E-state index contributed by atoms with van der Waals surface area (Å²) in [6.45, 7) is 16.7. The van der Waals surface area contributed by atoms with Gasteiger partial charge in [0.1, 0.15) is 11.5 Å². The molecule has 0 unspecified atom stereocenters. The van der Waals surface area contributed by atoms with E-state index in [4.69, 9.17) is 9.47 Å². The van der Waals surface area contributed by atoms with E-state index >= 15 is 0 Å². The second-order valence-electron chi connectivity index (χ2n) is 7.41. The van der Waals surface area contributed by atoms with E-state index in [0.717, 1.165) is 17.9 Å². The van der Waals surface area contributed by atoms with Crippen molar-refractivity contribution in [3.63, 3.8) is 0 Å². The minimum atomic E-state index is -1.77. The van der Waals surface area contributed by atoms with Gasteiger partial charge >= 0.3 is 0 Å². The highest BCUT2D eigenvalue weighted by atomic mass is 28.3. The molecule has 0 N–H and O–H groups in total. The molecule has 0 aromatic rings. The lowest BCUT2D eigenvalue weighted by Gasteiger charge is -2.55. The van der Waals surface area contributed by atoms with Crippen LogP contribution in [0.15, 0.2) is 23.7 Å². The molecule has 0 heterocycles. The standard InChI is InChI=1S/C17H32O2Si/c1-13(2)16(3,4)20(8,9)17(5)14(18-6)11-10-12-15(17)19-7/h11-13H,10H2,1-9H3. The molecular weight excluding hydrogens is 264 g/mol. The van der Waals surface area contributed by atoms with Gasteiger partial charge in [-0.25, -0.2) is 0 Å². The lowest BCUT2D eigenvalue weighted by atomic mass is 9.97. The van der Waals surface area contributed by atoms with E-state index in [1.54, 1.807) is 14.2 Å². The first-order valence-electron chi connectivity index (χ1n) is 7.56.